The molecule has 0 aliphatic carbocycles. The summed E-state index contributed by atoms with van der Waals surface area (Å²) in [5.41, 5.74) is 23.0. The summed E-state index contributed by atoms with van der Waals surface area (Å²) in [5, 5.41) is 17.7. The highest BCUT2D eigenvalue weighted by Crippen LogP contribution is 2.55. The largest absolute Gasteiger partial charge is 0.311 e. The summed E-state index contributed by atoms with van der Waals surface area (Å²) in [7, 11) is 0. The van der Waals surface area contributed by atoms with E-state index in [0.717, 1.165) is 55.8 Å². The molecule has 0 atom stereocenters. The third kappa shape index (κ3) is 7.92. The molecular formula is C79H63BN4S2. The van der Waals surface area contributed by atoms with E-state index in [1.54, 1.807) is 0 Å². The molecule has 0 saturated carbocycles. The van der Waals surface area contributed by atoms with Crippen molar-refractivity contribution in [2.24, 2.45) is 0 Å². The molecule has 5 heterocycles. The summed E-state index contributed by atoms with van der Waals surface area (Å²) in [4.78, 5) is 5.32. The molecule has 2 aliphatic rings. The van der Waals surface area contributed by atoms with Crippen LogP contribution in [0.5, 0.6) is 0 Å². The maximum atomic E-state index is 10.3. The standard InChI is InChI=1S/C79H63BN4S2/c1-77(2,3)51-33-37-63(59(44-51)48-22-12-10-13-23-48)84-65-45-55(82-62-29-19-16-26-56(62)60-38-47(46-81)32-36-64(60)82)34-35-61(65)80-72-66(41-50(42-67(72)84)49-39-52(78(4,5)6)43-53(40-49)79(7,8)9)83(54-24-14-11-15-25-54)74-73(80)75-70(57-27-17-20-30-68(57)85-75)71-58-28-18-21-31-69(58)86-76(71)74/h10-45H,1-9H3. The Morgan fingerprint density at radius 2 is 0.965 bits per heavy atom. The van der Waals surface area contributed by atoms with Crippen LogP contribution >= 0.6 is 22.7 Å². The number of nitrogens with zero attached hydrogens (tertiary/aromatic N) is 4. The summed E-state index contributed by atoms with van der Waals surface area (Å²) < 4.78 is 7.63. The monoisotopic (exact) mass is 1140 g/mol. The number of para-hydroxylation sites is 2. The Balaban J connectivity index is 1.12. The van der Waals surface area contributed by atoms with E-state index < -0.39 is 0 Å². The Morgan fingerprint density at radius 3 is 1.63 bits per heavy atom. The van der Waals surface area contributed by atoms with Crippen LogP contribution in [0, 0.1) is 11.3 Å². The first-order chi connectivity index (χ1) is 41.5. The van der Waals surface area contributed by atoms with Gasteiger partial charge in [0.25, 0.3) is 6.71 Å². The van der Waals surface area contributed by atoms with Crippen molar-refractivity contribution in [3.8, 4) is 34.0 Å². The minimum absolute atomic E-state index is 0.106. The molecule has 14 aromatic rings. The van der Waals surface area contributed by atoms with Crippen LogP contribution in [0.15, 0.2) is 218 Å². The number of hydrogen-bond donors (Lipinski definition) is 0. The average molecular weight is 1140 g/mol. The van der Waals surface area contributed by atoms with E-state index in [1.807, 2.05) is 28.7 Å². The number of benzene rings is 11. The highest BCUT2D eigenvalue weighted by atomic mass is 32.1. The van der Waals surface area contributed by atoms with Gasteiger partial charge in [0.15, 0.2) is 0 Å². The second-order valence-electron chi connectivity index (χ2n) is 26.8. The van der Waals surface area contributed by atoms with Gasteiger partial charge < -0.3 is 14.4 Å². The lowest BCUT2D eigenvalue weighted by Gasteiger charge is -2.45. The summed E-state index contributed by atoms with van der Waals surface area (Å²) >= 11 is 3.89. The maximum Gasteiger partial charge on any atom is 0.254 e. The van der Waals surface area contributed by atoms with Crippen molar-refractivity contribution in [1.82, 2.24) is 4.57 Å². The second-order valence-corrected chi connectivity index (χ2v) is 28.9. The third-order valence-electron chi connectivity index (χ3n) is 18.4. The number of hydrogen-bond acceptors (Lipinski definition) is 5. The quantitative estimate of drug-likeness (QED) is 0.161. The number of rotatable bonds is 5. The minimum atomic E-state index is -0.189. The van der Waals surface area contributed by atoms with Crippen LogP contribution in [0.25, 0.3) is 90.1 Å². The average Bonchev–Trinajstić information content (AvgIpc) is 1.20. The highest BCUT2D eigenvalue weighted by Gasteiger charge is 2.47. The fraction of sp³-hybridized carbons (Fsp3) is 0.152. The molecule has 86 heavy (non-hydrogen) atoms. The molecular weight excluding hydrogens is 1080 g/mol. The van der Waals surface area contributed by atoms with E-state index in [2.05, 4.69) is 295 Å². The predicted molar refractivity (Wildman–Crippen MR) is 372 cm³/mol. The van der Waals surface area contributed by atoms with E-state index in [0.29, 0.717) is 5.56 Å². The van der Waals surface area contributed by atoms with Crippen molar-refractivity contribution < 1.29 is 0 Å². The van der Waals surface area contributed by atoms with Crippen molar-refractivity contribution in [2.45, 2.75) is 78.6 Å². The summed E-state index contributed by atoms with van der Waals surface area (Å²) in [5.74, 6) is 0. The van der Waals surface area contributed by atoms with Gasteiger partial charge in [0, 0.05) is 80.4 Å². The van der Waals surface area contributed by atoms with Crippen molar-refractivity contribution in [3.05, 3.63) is 241 Å². The van der Waals surface area contributed by atoms with Gasteiger partial charge >= 0.3 is 0 Å². The van der Waals surface area contributed by atoms with E-state index in [4.69, 9.17) is 0 Å². The molecule has 0 saturated heterocycles. The Morgan fingerprint density at radius 1 is 0.395 bits per heavy atom. The zero-order valence-corrected chi connectivity index (χ0v) is 51.6. The fourth-order valence-electron chi connectivity index (χ4n) is 14.1. The van der Waals surface area contributed by atoms with Crippen LogP contribution < -0.4 is 26.2 Å². The Labute approximate surface area is 511 Å². The molecule has 4 nitrogen and oxygen atoms in total. The lowest BCUT2D eigenvalue weighted by Crippen LogP contribution is -2.61. The summed E-state index contributed by atoms with van der Waals surface area (Å²) in [6.07, 6.45) is 0. The van der Waals surface area contributed by atoms with E-state index in [-0.39, 0.29) is 23.0 Å². The molecule has 7 heteroatoms. The Bertz CT molecular complexity index is 5180. The lowest BCUT2D eigenvalue weighted by atomic mass is 9.33. The van der Waals surface area contributed by atoms with Crippen molar-refractivity contribution in [1.29, 1.82) is 5.26 Å². The van der Waals surface area contributed by atoms with E-state index in [9.17, 15) is 5.26 Å². The second kappa shape index (κ2) is 18.9. The number of aromatic nitrogens is 1. The van der Waals surface area contributed by atoms with Crippen LogP contribution in [0.3, 0.4) is 0 Å². The predicted octanol–water partition coefficient (Wildman–Crippen LogP) is 20.7. The van der Waals surface area contributed by atoms with Gasteiger partial charge in [-0.05, 0) is 151 Å². The van der Waals surface area contributed by atoms with E-state index >= 15 is 0 Å². The normalized spacial score (nSPS) is 13.3. The molecule has 0 fully saturated rings. The zero-order chi connectivity index (χ0) is 58.7. The van der Waals surface area contributed by atoms with Gasteiger partial charge in [0.1, 0.15) is 0 Å². The first-order valence-electron chi connectivity index (χ1n) is 30.1. The Kier molecular flexibility index (Phi) is 11.5. The highest BCUT2D eigenvalue weighted by molar-refractivity contribution is 7.30. The SMILES string of the molecule is CC(C)(C)c1cc(-c2cc3c4c(c2)N(c2ccccc2)c2c(c5sc6ccccc6c5c5c2sc2ccccc25)B4c2ccc(-n4c5ccccc5c5cc(C#N)ccc54)cc2N3c2ccc(C(C)(C)C)cc2-c2ccccc2)cc(C(C)(C)C)c1. The van der Waals surface area contributed by atoms with Crippen LogP contribution in [0.1, 0.15) is 84.6 Å². The van der Waals surface area contributed by atoms with Crippen molar-refractivity contribution in [2.75, 3.05) is 9.80 Å². The molecule has 3 aromatic heterocycles. The van der Waals surface area contributed by atoms with Gasteiger partial charge in [-0.2, -0.15) is 5.26 Å². The van der Waals surface area contributed by atoms with Crippen LogP contribution in [0.4, 0.5) is 34.1 Å². The fourth-order valence-corrected chi connectivity index (χ4v) is 16.6. The summed E-state index contributed by atoms with van der Waals surface area (Å²) in [6, 6.07) is 84.8. The Hall–Kier alpha value is -9.19. The van der Waals surface area contributed by atoms with Gasteiger partial charge in [-0.1, -0.05) is 196 Å². The number of thiophene rings is 2. The molecule has 16 rings (SSSR count). The molecule has 0 spiro atoms. The lowest BCUT2D eigenvalue weighted by molar-refractivity contribution is 0.569. The third-order valence-corrected chi connectivity index (χ3v) is 20.8. The minimum Gasteiger partial charge on any atom is -0.311 e. The van der Waals surface area contributed by atoms with Crippen molar-refractivity contribution in [3.63, 3.8) is 0 Å². The van der Waals surface area contributed by atoms with Crippen LogP contribution in [-0.2, 0) is 16.2 Å². The smallest absolute Gasteiger partial charge is 0.254 e. The first kappa shape index (κ1) is 52.4. The number of anilines is 6. The molecule has 0 N–H and O–H groups in total. The zero-order valence-electron chi connectivity index (χ0n) is 50.0. The van der Waals surface area contributed by atoms with Crippen LogP contribution in [0.2, 0.25) is 0 Å². The molecule has 0 unspecified atom stereocenters. The molecule has 0 bridgehead atoms. The molecule has 0 radical (unpaired) electrons. The van der Waals surface area contributed by atoms with Crippen molar-refractivity contribution >= 4 is 142 Å². The molecule has 11 aromatic carbocycles. The number of fused-ring (bicyclic) bond motifs is 16. The molecule has 0 amide bonds. The van der Waals surface area contributed by atoms with Gasteiger partial charge in [0.05, 0.1) is 38.7 Å². The van der Waals surface area contributed by atoms with Gasteiger partial charge in [0.2, 0.25) is 0 Å². The number of nitriles is 1. The maximum absolute atomic E-state index is 10.3. The topological polar surface area (TPSA) is 35.2 Å². The van der Waals surface area contributed by atoms with E-state index in [1.165, 1.54) is 101 Å². The molecule has 414 valence electrons. The van der Waals surface area contributed by atoms with Gasteiger partial charge in [-0.15, -0.1) is 22.7 Å². The van der Waals surface area contributed by atoms with Gasteiger partial charge in [-0.25, -0.2) is 0 Å². The van der Waals surface area contributed by atoms with Crippen LogP contribution in [-0.4, -0.2) is 11.3 Å². The summed E-state index contributed by atoms with van der Waals surface area (Å²) in [6.45, 7) is 20.9. The molecule has 2 aliphatic heterocycles. The van der Waals surface area contributed by atoms with Gasteiger partial charge in [-0.3, -0.25) is 0 Å². The first-order valence-corrected chi connectivity index (χ1v) is 31.7.